The van der Waals surface area contributed by atoms with Crippen LogP contribution in [0.4, 0.5) is 5.82 Å². The number of hydrogen-bond acceptors (Lipinski definition) is 4. The molecule has 0 bridgehead atoms. The lowest BCUT2D eigenvalue weighted by Crippen LogP contribution is -2.37. The van der Waals surface area contributed by atoms with Crippen LogP contribution in [0, 0.1) is 12.8 Å². The number of aromatic nitrogens is 2. The number of aryl methyl sites for hydroxylation is 2. The lowest BCUT2D eigenvalue weighted by Gasteiger charge is -2.28. The summed E-state index contributed by atoms with van der Waals surface area (Å²) in [4.78, 5) is 2.34. The third-order valence-electron chi connectivity index (χ3n) is 4.34. The van der Waals surface area contributed by atoms with Crippen molar-refractivity contribution in [1.29, 1.82) is 0 Å². The Hall–Kier alpha value is -1.07. The molecule has 1 saturated heterocycles. The highest BCUT2D eigenvalue weighted by Crippen LogP contribution is 2.32. The van der Waals surface area contributed by atoms with Crippen molar-refractivity contribution >= 4 is 5.82 Å². The standard InChI is InChI=1S/C15H28N4O/c1-10(2)16-8-13-12(4)17-18(5)15(13)19-7-6-11(3)14(19)9-20/h10-11,14,16,20H,6-9H2,1-5H3. The molecule has 0 amide bonds. The normalized spacial score (nSPS) is 23.1. The molecule has 0 spiro atoms. The third-order valence-corrected chi connectivity index (χ3v) is 4.34. The van der Waals surface area contributed by atoms with Gasteiger partial charge in [-0.2, -0.15) is 5.10 Å². The number of nitrogens with one attached hydrogen (secondary N) is 1. The summed E-state index contributed by atoms with van der Waals surface area (Å²) < 4.78 is 1.97. The molecule has 5 heteroatoms. The van der Waals surface area contributed by atoms with E-state index in [-0.39, 0.29) is 12.6 Å². The summed E-state index contributed by atoms with van der Waals surface area (Å²) in [6, 6.07) is 0.663. The molecule has 1 fully saturated rings. The fraction of sp³-hybridized carbons (Fsp3) is 0.800. The molecule has 5 nitrogen and oxygen atoms in total. The van der Waals surface area contributed by atoms with Gasteiger partial charge < -0.3 is 15.3 Å². The predicted octanol–water partition coefficient (Wildman–Crippen LogP) is 1.43. The van der Waals surface area contributed by atoms with Gasteiger partial charge in [0.05, 0.1) is 18.3 Å². The van der Waals surface area contributed by atoms with Gasteiger partial charge in [-0.15, -0.1) is 0 Å². The highest BCUT2D eigenvalue weighted by Gasteiger charge is 2.34. The number of rotatable bonds is 5. The zero-order chi connectivity index (χ0) is 14.9. The Morgan fingerprint density at radius 2 is 2.15 bits per heavy atom. The van der Waals surface area contributed by atoms with E-state index in [2.05, 4.69) is 43.0 Å². The Bertz CT molecular complexity index is 455. The maximum Gasteiger partial charge on any atom is 0.131 e. The zero-order valence-corrected chi connectivity index (χ0v) is 13.3. The summed E-state index contributed by atoms with van der Waals surface area (Å²) in [6.45, 7) is 10.6. The summed E-state index contributed by atoms with van der Waals surface area (Å²) in [5.74, 6) is 1.69. The second kappa shape index (κ2) is 6.14. The predicted molar refractivity (Wildman–Crippen MR) is 81.9 cm³/mol. The van der Waals surface area contributed by atoms with Gasteiger partial charge in [-0.1, -0.05) is 20.8 Å². The van der Waals surface area contributed by atoms with Gasteiger partial charge in [0.1, 0.15) is 5.82 Å². The van der Waals surface area contributed by atoms with E-state index in [1.807, 2.05) is 11.7 Å². The second-order valence-electron chi connectivity index (χ2n) is 6.26. The molecule has 1 aliphatic rings. The minimum Gasteiger partial charge on any atom is -0.394 e. The van der Waals surface area contributed by atoms with Crippen LogP contribution in [0.15, 0.2) is 0 Å². The molecule has 2 rings (SSSR count). The minimum atomic E-state index is 0.211. The molecular formula is C15H28N4O. The number of aliphatic hydroxyl groups excluding tert-OH is 1. The minimum absolute atomic E-state index is 0.211. The van der Waals surface area contributed by atoms with Crippen molar-refractivity contribution in [3.8, 4) is 0 Å². The van der Waals surface area contributed by atoms with Crippen LogP contribution in [0.25, 0.3) is 0 Å². The highest BCUT2D eigenvalue weighted by atomic mass is 16.3. The van der Waals surface area contributed by atoms with Crippen LogP contribution < -0.4 is 10.2 Å². The third kappa shape index (κ3) is 2.83. The van der Waals surface area contributed by atoms with Gasteiger partial charge in [0.25, 0.3) is 0 Å². The topological polar surface area (TPSA) is 53.3 Å². The van der Waals surface area contributed by atoms with Crippen molar-refractivity contribution in [2.75, 3.05) is 18.1 Å². The number of aliphatic hydroxyl groups is 1. The Labute approximate surface area is 122 Å². The lowest BCUT2D eigenvalue weighted by atomic mass is 10.0. The number of hydrogen-bond donors (Lipinski definition) is 2. The molecule has 0 aliphatic carbocycles. The smallest absolute Gasteiger partial charge is 0.131 e. The van der Waals surface area contributed by atoms with Crippen molar-refractivity contribution in [2.45, 2.75) is 52.7 Å². The number of nitrogens with zero attached hydrogens (tertiary/aromatic N) is 3. The van der Waals surface area contributed by atoms with E-state index in [9.17, 15) is 5.11 Å². The van der Waals surface area contributed by atoms with Gasteiger partial charge in [-0.05, 0) is 19.3 Å². The first-order valence-corrected chi connectivity index (χ1v) is 7.59. The van der Waals surface area contributed by atoms with Crippen LogP contribution in [0.3, 0.4) is 0 Å². The van der Waals surface area contributed by atoms with Gasteiger partial charge in [0, 0.05) is 31.7 Å². The van der Waals surface area contributed by atoms with Crippen molar-refractivity contribution < 1.29 is 5.11 Å². The maximum absolute atomic E-state index is 9.69. The van der Waals surface area contributed by atoms with E-state index in [1.165, 1.54) is 11.4 Å². The summed E-state index contributed by atoms with van der Waals surface area (Å²) in [5, 5.41) is 17.7. The molecule has 2 heterocycles. The lowest BCUT2D eigenvalue weighted by molar-refractivity contribution is 0.244. The van der Waals surface area contributed by atoms with E-state index in [0.717, 1.165) is 25.2 Å². The molecular weight excluding hydrogens is 252 g/mol. The first-order chi connectivity index (χ1) is 9.45. The quantitative estimate of drug-likeness (QED) is 0.857. The largest absolute Gasteiger partial charge is 0.394 e. The van der Waals surface area contributed by atoms with E-state index in [4.69, 9.17) is 0 Å². The average Bonchev–Trinajstić information content (AvgIpc) is 2.86. The Kier molecular flexibility index (Phi) is 4.70. The van der Waals surface area contributed by atoms with Crippen LogP contribution in [0.1, 0.15) is 38.4 Å². The van der Waals surface area contributed by atoms with E-state index < -0.39 is 0 Å². The molecule has 2 N–H and O–H groups in total. The summed E-state index contributed by atoms with van der Waals surface area (Å²) in [6.07, 6.45) is 1.13. The summed E-state index contributed by atoms with van der Waals surface area (Å²) in [7, 11) is 2.00. The maximum atomic E-state index is 9.69. The van der Waals surface area contributed by atoms with Crippen LogP contribution in [0.5, 0.6) is 0 Å². The Morgan fingerprint density at radius 3 is 2.75 bits per heavy atom. The molecule has 114 valence electrons. The van der Waals surface area contributed by atoms with Crippen LogP contribution in [0.2, 0.25) is 0 Å². The molecule has 20 heavy (non-hydrogen) atoms. The van der Waals surface area contributed by atoms with Crippen molar-refractivity contribution in [3.05, 3.63) is 11.3 Å². The van der Waals surface area contributed by atoms with Gasteiger partial charge in [0.15, 0.2) is 0 Å². The molecule has 1 aromatic rings. The van der Waals surface area contributed by atoms with Crippen molar-refractivity contribution in [2.24, 2.45) is 13.0 Å². The molecule has 2 unspecified atom stereocenters. The van der Waals surface area contributed by atoms with Gasteiger partial charge in [-0.25, -0.2) is 0 Å². The number of anilines is 1. The molecule has 1 aliphatic heterocycles. The first kappa shape index (κ1) is 15.3. The molecule has 1 aromatic heterocycles. The van der Waals surface area contributed by atoms with E-state index >= 15 is 0 Å². The van der Waals surface area contributed by atoms with E-state index in [1.54, 1.807) is 0 Å². The summed E-state index contributed by atoms with van der Waals surface area (Å²) in [5.41, 5.74) is 2.33. The fourth-order valence-corrected chi connectivity index (χ4v) is 3.11. The Balaban J connectivity index is 2.30. The van der Waals surface area contributed by atoms with Crippen molar-refractivity contribution in [1.82, 2.24) is 15.1 Å². The van der Waals surface area contributed by atoms with E-state index in [0.29, 0.717) is 12.0 Å². The van der Waals surface area contributed by atoms with Crippen molar-refractivity contribution in [3.63, 3.8) is 0 Å². The highest BCUT2D eigenvalue weighted by molar-refractivity contribution is 5.52. The monoisotopic (exact) mass is 280 g/mol. The van der Waals surface area contributed by atoms with Crippen LogP contribution in [-0.4, -0.2) is 40.1 Å². The van der Waals surface area contributed by atoms with Gasteiger partial charge >= 0.3 is 0 Å². The fourth-order valence-electron chi connectivity index (χ4n) is 3.11. The molecule has 0 aromatic carbocycles. The summed E-state index contributed by atoms with van der Waals surface area (Å²) >= 11 is 0. The molecule has 0 radical (unpaired) electrons. The zero-order valence-electron chi connectivity index (χ0n) is 13.3. The van der Waals surface area contributed by atoms with Crippen LogP contribution >= 0.6 is 0 Å². The van der Waals surface area contributed by atoms with Gasteiger partial charge in [-0.3, -0.25) is 4.68 Å². The Morgan fingerprint density at radius 1 is 1.45 bits per heavy atom. The molecule has 2 atom stereocenters. The second-order valence-corrected chi connectivity index (χ2v) is 6.26. The first-order valence-electron chi connectivity index (χ1n) is 7.59. The average molecular weight is 280 g/mol. The van der Waals surface area contributed by atoms with Gasteiger partial charge in [0.2, 0.25) is 0 Å². The van der Waals surface area contributed by atoms with Crippen LogP contribution in [-0.2, 0) is 13.6 Å². The SMILES string of the molecule is Cc1nn(C)c(N2CCC(C)C2CO)c1CNC(C)C. The molecule has 0 saturated carbocycles.